The Balaban J connectivity index is 2.47. The topological polar surface area (TPSA) is 89.3 Å². The maximum atomic E-state index is 12.7. The highest BCUT2D eigenvalue weighted by Gasteiger charge is 2.46. The molecule has 2 atom stereocenters. The molecule has 0 fully saturated rings. The molecule has 2 aromatic carbocycles. The van der Waals surface area contributed by atoms with Crippen LogP contribution in [0.4, 0.5) is 0 Å². The lowest BCUT2D eigenvalue weighted by Gasteiger charge is -2.26. The molecule has 0 aromatic heterocycles. The second-order valence-electron chi connectivity index (χ2n) is 5.70. The third kappa shape index (κ3) is 4.58. The van der Waals surface area contributed by atoms with Crippen LogP contribution in [0.25, 0.3) is 0 Å². The highest BCUT2D eigenvalue weighted by Crippen LogP contribution is 2.35. The molecule has 134 valence electrons. The first kappa shape index (κ1) is 19.8. The third-order valence-corrected chi connectivity index (χ3v) is 6.13. The SMILES string of the molecule is Cc1ccc(S(=O)(=O)N[C@H](c2ccc(Cl)cc2)[C@@](C)(Br)[N+](=O)[O-])cc1. The summed E-state index contributed by atoms with van der Waals surface area (Å²) in [5.74, 6) is 0. The van der Waals surface area contributed by atoms with Crippen LogP contribution in [0.3, 0.4) is 0 Å². The predicted molar refractivity (Wildman–Crippen MR) is 100 cm³/mol. The fraction of sp³-hybridized carbons (Fsp3) is 0.250. The number of rotatable bonds is 6. The first-order chi connectivity index (χ1) is 11.5. The Bertz CT molecular complexity index is 868. The maximum absolute atomic E-state index is 12.7. The van der Waals surface area contributed by atoms with E-state index in [1.54, 1.807) is 36.4 Å². The van der Waals surface area contributed by atoms with Crippen LogP contribution in [0.5, 0.6) is 0 Å². The lowest BCUT2D eigenvalue weighted by atomic mass is 10.0. The number of nitrogens with zero attached hydrogens (tertiary/aromatic N) is 1. The van der Waals surface area contributed by atoms with Crippen LogP contribution in [0.2, 0.25) is 5.02 Å². The molecule has 2 aromatic rings. The van der Waals surface area contributed by atoms with Gasteiger partial charge in [-0.05, 0) is 36.8 Å². The maximum Gasteiger partial charge on any atom is 0.291 e. The summed E-state index contributed by atoms with van der Waals surface area (Å²) in [5.41, 5.74) is 1.32. The largest absolute Gasteiger partial charge is 0.291 e. The van der Waals surface area contributed by atoms with Crippen molar-refractivity contribution in [3.63, 3.8) is 0 Å². The molecular weight excluding hydrogens is 432 g/mol. The van der Waals surface area contributed by atoms with Crippen LogP contribution in [0.1, 0.15) is 24.1 Å². The average molecular weight is 448 g/mol. The van der Waals surface area contributed by atoms with Crippen LogP contribution in [0.15, 0.2) is 53.4 Å². The van der Waals surface area contributed by atoms with Crippen molar-refractivity contribution < 1.29 is 13.3 Å². The summed E-state index contributed by atoms with van der Waals surface area (Å²) in [5, 5.41) is 11.9. The fourth-order valence-corrected chi connectivity index (χ4v) is 4.14. The Morgan fingerprint density at radius 2 is 1.68 bits per heavy atom. The molecule has 1 N–H and O–H groups in total. The summed E-state index contributed by atoms with van der Waals surface area (Å²) in [4.78, 5) is 10.9. The molecule has 9 heteroatoms. The van der Waals surface area contributed by atoms with Crippen molar-refractivity contribution in [1.29, 1.82) is 0 Å². The van der Waals surface area contributed by atoms with E-state index < -0.39 is 25.4 Å². The van der Waals surface area contributed by atoms with Gasteiger partial charge in [0.05, 0.1) is 4.90 Å². The highest BCUT2D eigenvalue weighted by atomic mass is 79.9. The lowest BCUT2D eigenvalue weighted by Crippen LogP contribution is -2.45. The number of alkyl halides is 1. The van der Waals surface area contributed by atoms with Crippen molar-refractivity contribution in [2.24, 2.45) is 0 Å². The molecule has 0 radical (unpaired) electrons. The molecule has 0 heterocycles. The van der Waals surface area contributed by atoms with Gasteiger partial charge in [0, 0.05) is 32.8 Å². The molecule has 0 aliphatic heterocycles. The van der Waals surface area contributed by atoms with E-state index in [9.17, 15) is 18.5 Å². The highest BCUT2D eigenvalue weighted by molar-refractivity contribution is 9.10. The minimum Gasteiger partial charge on any atom is -0.263 e. The summed E-state index contributed by atoms with van der Waals surface area (Å²) in [6.07, 6.45) is 0. The summed E-state index contributed by atoms with van der Waals surface area (Å²) in [6.45, 7) is 3.13. The molecule has 0 aliphatic rings. The van der Waals surface area contributed by atoms with Gasteiger partial charge in [0.1, 0.15) is 6.04 Å². The molecule has 0 saturated carbocycles. The number of benzene rings is 2. The van der Waals surface area contributed by atoms with Crippen LogP contribution >= 0.6 is 27.5 Å². The zero-order chi connectivity index (χ0) is 18.8. The van der Waals surface area contributed by atoms with Gasteiger partial charge in [-0.25, -0.2) is 8.42 Å². The van der Waals surface area contributed by atoms with Gasteiger partial charge in [0.15, 0.2) is 0 Å². The smallest absolute Gasteiger partial charge is 0.263 e. The second kappa shape index (κ2) is 7.41. The quantitative estimate of drug-likeness (QED) is 0.313. The predicted octanol–water partition coefficient (Wildman–Crippen LogP) is 4.06. The Morgan fingerprint density at radius 1 is 1.16 bits per heavy atom. The number of nitro groups is 1. The van der Waals surface area contributed by atoms with Crippen molar-refractivity contribution in [3.8, 4) is 0 Å². The minimum absolute atomic E-state index is 0.0312. The van der Waals surface area contributed by atoms with Gasteiger partial charge in [0.25, 0.3) is 4.45 Å². The standard InChI is InChI=1S/C16H16BrClN2O4S/c1-11-3-9-14(10-4-11)25(23,24)19-15(16(2,17)20(21)22)12-5-7-13(18)8-6-12/h3-10,15,19H,1-2H3/t15-,16+/m1/s1. The zero-order valence-electron chi connectivity index (χ0n) is 13.4. The van der Waals surface area contributed by atoms with Crippen LogP contribution in [-0.2, 0) is 10.0 Å². The molecule has 25 heavy (non-hydrogen) atoms. The van der Waals surface area contributed by atoms with Gasteiger partial charge in [-0.3, -0.25) is 10.1 Å². The van der Waals surface area contributed by atoms with E-state index in [1.165, 1.54) is 19.1 Å². The van der Waals surface area contributed by atoms with E-state index in [0.717, 1.165) is 5.56 Å². The lowest BCUT2D eigenvalue weighted by molar-refractivity contribution is -0.536. The molecule has 0 spiro atoms. The normalized spacial score (nSPS) is 15.4. The first-order valence-corrected chi connectivity index (χ1v) is 9.87. The van der Waals surface area contributed by atoms with Crippen molar-refractivity contribution in [3.05, 3.63) is 74.8 Å². The molecule has 0 saturated heterocycles. The summed E-state index contributed by atoms with van der Waals surface area (Å²) in [6, 6.07) is 11.3. The van der Waals surface area contributed by atoms with Crippen molar-refractivity contribution >= 4 is 37.6 Å². The van der Waals surface area contributed by atoms with Crippen LogP contribution < -0.4 is 4.72 Å². The van der Waals surface area contributed by atoms with E-state index in [1.807, 2.05) is 6.92 Å². The number of halogens is 2. The third-order valence-electron chi connectivity index (χ3n) is 3.69. The number of hydrogen-bond donors (Lipinski definition) is 1. The zero-order valence-corrected chi connectivity index (χ0v) is 16.6. The number of sulfonamides is 1. The minimum atomic E-state index is -3.97. The Morgan fingerprint density at radius 3 is 2.16 bits per heavy atom. The van der Waals surface area contributed by atoms with E-state index in [0.29, 0.717) is 10.6 Å². The van der Waals surface area contributed by atoms with Gasteiger partial charge >= 0.3 is 0 Å². The number of hydrogen-bond acceptors (Lipinski definition) is 4. The first-order valence-electron chi connectivity index (χ1n) is 7.22. The molecule has 0 aliphatic carbocycles. The van der Waals surface area contributed by atoms with Gasteiger partial charge in [-0.15, -0.1) is 0 Å². The Hall–Kier alpha value is -1.48. The van der Waals surface area contributed by atoms with Crippen molar-refractivity contribution in [2.45, 2.75) is 29.2 Å². The van der Waals surface area contributed by atoms with E-state index in [4.69, 9.17) is 11.6 Å². The van der Waals surface area contributed by atoms with Gasteiger partial charge in [-0.2, -0.15) is 4.72 Å². The second-order valence-corrected chi connectivity index (χ2v) is 9.46. The van der Waals surface area contributed by atoms with E-state index in [-0.39, 0.29) is 4.90 Å². The van der Waals surface area contributed by atoms with Crippen LogP contribution in [0, 0.1) is 17.0 Å². The summed E-state index contributed by atoms with van der Waals surface area (Å²) >= 11 is 8.90. The van der Waals surface area contributed by atoms with E-state index >= 15 is 0 Å². The molecular formula is C16H16BrClN2O4S. The van der Waals surface area contributed by atoms with Gasteiger partial charge in [0.2, 0.25) is 10.0 Å². The van der Waals surface area contributed by atoms with Gasteiger partial charge < -0.3 is 0 Å². The monoisotopic (exact) mass is 446 g/mol. The van der Waals surface area contributed by atoms with Crippen molar-refractivity contribution in [1.82, 2.24) is 4.72 Å². The molecule has 2 rings (SSSR count). The van der Waals surface area contributed by atoms with Gasteiger partial charge in [-0.1, -0.05) is 41.4 Å². The molecule has 0 amide bonds. The number of aryl methyl sites for hydroxylation is 1. The Kier molecular flexibility index (Phi) is 5.88. The number of nitrogens with one attached hydrogen (secondary N) is 1. The molecule has 0 bridgehead atoms. The van der Waals surface area contributed by atoms with E-state index in [2.05, 4.69) is 20.7 Å². The molecule has 0 unspecified atom stereocenters. The van der Waals surface area contributed by atoms with Crippen molar-refractivity contribution in [2.75, 3.05) is 0 Å². The summed E-state index contributed by atoms with van der Waals surface area (Å²) < 4.78 is 26.0. The summed E-state index contributed by atoms with van der Waals surface area (Å²) in [7, 11) is -3.97. The fourth-order valence-electron chi connectivity index (χ4n) is 2.18. The Labute approximate surface area is 159 Å². The average Bonchev–Trinajstić information content (AvgIpc) is 2.54. The molecule has 6 nitrogen and oxygen atoms in total. The van der Waals surface area contributed by atoms with Crippen LogP contribution in [-0.4, -0.2) is 17.8 Å².